The van der Waals surface area contributed by atoms with E-state index in [0.717, 1.165) is 33.0 Å². The van der Waals surface area contributed by atoms with Crippen molar-refractivity contribution < 1.29 is 17.9 Å². The molecule has 2 aromatic carbocycles. The third kappa shape index (κ3) is 4.09. The van der Waals surface area contributed by atoms with Crippen molar-refractivity contribution in [1.29, 1.82) is 0 Å². The molecule has 0 amide bonds. The Morgan fingerprint density at radius 3 is 2.61 bits per heavy atom. The lowest BCUT2D eigenvalue weighted by Crippen LogP contribution is -2.14. The summed E-state index contributed by atoms with van der Waals surface area (Å²) in [4.78, 5) is 16.4. The van der Waals surface area contributed by atoms with Gasteiger partial charge in [-0.15, -0.1) is 0 Å². The van der Waals surface area contributed by atoms with Crippen LogP contribution in [0.25, 0.3) is 39.3 Å². The van der Waals surface area contributed by atoms with Gasteiger partial charge in [-0.3, -0.25) is 0 Å². The second-order valence-corrected chi connectivity index (χ2v) is 10.3. The number of fused-ring (bicyclic) bond motifs is 2. The minimum atomic E-state index is -3.95. The van der Waals surface area contributed by atoms with Crippen LogP contribution < -0.4 is 0 Å². The number of hydrogen-bond donors (Lipinski definition) is 0. The Labute approximate surface area is 209 Å². The van der Waals surface area contributed by atoms with E-state index in [1.165, 1.54) is 10.0 Å². The Kier molecular flexibility index (Phi) is 5.97. The lowest BCUT2D eigenvalue weighted by Gasteiger charge is -2.11. The summed E-state index contributed by atoms with van der Waals surface area (Å²) < 4.78 is 36.1. The molecule has 3 heterocycles. The van der Waals surface area contributed by atoms with Crippen LogP contribution in [0.2, 0.25) is 0 Å². The maximum absolute atomic E-state index is 13.9. The van der Waals surface area contributed by atoms with Gasteiger partial charge >= 0.3 is 5.97 Å². The van der Waals surface area contributed by atoms with E-state index in [9.17, 15) is 13.2 Å². The number of aryl methyl sites for hydroxylation is 2. The molecule has 36 heavy (non-hydrogen) atoms. The average Bonchev–Trinajstić information content (AvgIpc) is 3.41. The van der Waals surface area contributed by atoms with E-state index in [0.29, 0.717) is 17.9 Å². The molecule has 0 unspecified atom stereocenters. The maximum atomic E-state index is 13.9. The summed E-state index contributed by atoms with van der Waals surface area (Å²) in [5, 5.41) is 1.57. The van der Waals surface area contributed by atoms with Gasteiger partial charge < -0.3 is 9.30 Å². The largest absolute Gasteiger partial charge is 0.463 e. The third-order valence-corrected chi connectivity index (χ3v) is 7.79. The quantitative estimate of drug-likeness (QED) is 0.233. The number of benzene rings is 2. The van der Waals surface area contributed by atoms with Gasteiger partial charge in [0.25, 0.3) is 10.0 Å². The minimum Gasteiger partial charge on any atom is -0.463 e. The van der Waals surface area contributed by atoms with Gasteiger partial charge in [0.2, 0.25) is 0 Å². The van der Waals surface area contributed by atoms with Crippen molar-refractivity contribution in [3.8, 4) is 11.3 Å². The lowest BCUT2D eigenvalue weighted by atomic mass is 10.1. The van der Waals surface area contributed by atoms with Crippen LogP contribution in [0, 0.1) is 6.92 Å². The predicted molar refractivity (Wildman–Crippen MR) is 141 cm³/mol. The first-order chi connectivity index (χ1) is 17.3. The molecule has 0 N–H and O–H groups in total. The van der Waals surface area contributed by atoms with E-state index in [4.69, 9.17) is 4.74 Å². The van der Waals surface area contributed by atoms with Gasteiger partial charge in [0.1, 0.15) is 0 Å². The van der Waals surface area contributed by atoms with Crippen LogP contribution in [0.15, 0.2) is 84.0 Å². The molecule has 5 rings (SSSR count). The third-order valence-electron chi connectivity index (χ3n) is 6.07. The van der Waals surface area contributed by atoms with Crippen molar-refractivity contribution in [2.24, 2.45) is 7.05 Å². The fraction of sp³-hybridized carbons (Fsp3) is 0.143. The Balaban J connectivity index is 1.74. The molecular formula is C28H25N3O4S. The van der Waals surface area contributed by atoms with Crippen molar-refractivity contribution in [2.75, 3.05) is 6.61 Å². The van der Waals surface area contributed by atoms with Crippen molar-refractivity contribution in [3.05, 3.63) is 90.3 Å². The van der Waals surface area contributed by atoms with Crippen LogP contribution in [0.1, 0.15) is 18.1 Å². The highest BCUT2D eigenvalue weighted by Crippen LogP contribution is 2.36. The fourth-order valence-electron chi connectivity index (χ4n) is 4.33. The summed E-state index contributed by atoms with van der Waals surface area (Å²) in [5.74, 6) is -0.415. The summed E-state index contributed by atoms with van der Waals surface area (Å²) in [5.41, 5.74) is 4.32. The van der Waals surface area contributed by atoms with E-state index in [2.05, 4.69) is 4.98 Å². The molecular weight excluding hydrogens is 474 g/mol. The fourth-order valence-corrected chi connectivity index (χ4v) is 5.81. The monoisotopic (exact) mass is 499 g/mol. The number of nitrogens with zero attached hydrogens (tertiary/aromatic N) is 3. The highest BCUT2D eigenvalue weighted by Gasteiger charge is 2.26. The summed E-state index contributed by atoms with van der Waals surface area (Å²) in [6, 6.07) is 18.1. The van der Waals surface area contributed by atoms with Gasteiger partial charge in [0.05, 0.1) is 17.2 Å². The first-order valence-electron chi connectivity index (χ1n) is 11.5. The Bertz CT molecular complexity index is 1740. The number of aromatic nitrogens is 3. The van der Waals surface area contributed by atoms with E-state index >= 15 is 0 Å². The zero-order valence-corrected chi connectivity index (χ0v) is 21.0. The molecule has 8 heteroatoms. The second-order valence-electron chi connectivity index (χ2n) is 8.54. The first-order valence-corrected chi connectivity index (χ1v) is 13.0. The summed E-state index contributed by atoms with van der Waals surface area (Å²) >= 11 is 0. The van der Waals surface area contributed by atoms with Crippen molar-refractivity contribution in [3.63, 3.8) is 0 Å². The van der Waals surface area contributed by atoms with Gasteiger partial charge in [-0.1, -0.05) is 23.8 Å². The Morgan fingerprint density at radius 1 is 1.08 bits per heavy atom. The number of ether oxygens (including phenoxy) is 1. The van der Waals surface area contributed by atoms with Gasteiger partial charge in [0.15, 0.2) is 5.65 Å². The van der Waals surface area contributed by atoms with Gasteiger partial charge in [-0.2, -0.15) is 0 Å². The van der Waals surface area contributed by atoms with Gasteiger partial charge in [-0.25, -0.2) is 22.2 Å². The van der Waals surface area contributed by atoms with Crippen molar-refractivity contribution >= 4 is 44.0 Å². The van der Waals surface area contributed by atoms with E-state index in [1.54, 1.807) is 49.5 Å². The van der Waals surface area contributed by atoms with Gasteiger partial charge in [0, 0.05) is 47.4 Å². The standard InChI is InChI=1S/C28H25N3O4S/c1-4-35-27(32)14-10-20-9-13-25-23(16-20)24(18-30(25)3)26-17-21-6-5-15-29-28(21)31(26)36(33,34)22-11-7-19(2)8-12-22/h5-18H,4H2,1-3H3/b14-10+. The number of carbonyl (C=O) groups excluding carboxylic acids is 1. The maximum Gasteiger partial charge on any atom is 0.330 e. The molecule has 0 atom stereocenters. The smallest absolute Gasteiger partial charge is 0.330 e. The van der Waals surface area contributed by atoms with E-state index in [-0.39, 0.29) is 4.90 Å². The molecule has 0 saturated heterocycles. The zero-order valence-electron chi connectivity index (χ0n) is 20.2. The van der Waals surface area contributed by atoms with Crippen LogP contribution in [0.3, 0.4) is 0 Å². The van der Waals surface area contributed by atoms with Crippen LogP contribution in [-0.4, -0.2) is 34.5 Å². The molecule has 0 saturated carbocycles. The molecule has 0 radical (unpaired) electrons. The van der Waals surface area contributed by atoms with Gasteiger partial charge in [-0.05, 0) is 68.0 Å². The summed E-state index contributed by atoms with van der Waals surface area (Å²) in [7, 11) is -2.03. The SMILES string of the molecule is CCOC(=O)/C=C/c1ccc2c(c1)c(-c1cc3cccnc3n1S(=O)(=O)c1ccc(C)cc1)cn2C. The second kappa shape index (κ2) is 9.13. The molecule has 0 spiro atoms. The van der Waals surface area contributed by atoms with Crippen LogP contribution in [0.5, 0.6) is 0 Å². The van der Waals surface area contributed by atoms with Crippen molar-refractivity contribution in [2.45, 2.75) is 18.7 Å². The lowest BCUT2D eigenvalue weighted by molar-refractivity contribution is -0.137. The number of rotatable bonds is 6. The zero-order chi connectivity index (χ0) is 25.4. The molecule has 5 aromatic rings. The highest BCUT2D eigenvalue weighted by molar-refractivity contribution is 7.90. The van der Waals surface area contributed by atoms with Crippen LogP contribution >= 0.6 is 0 Å². The molecule has 182 valence electrons. The average molecular weight is 500 g/mol. The van der Waals surface area contributed by atoms with E-state index < -0.39 is 16.0 Å². The summed E-state index contributed by atoms with van der Waals surface area (Å²) in [6.45, 7) is 3.98. The molecule has 0 aliphatic carbocycles. The van der Waals surface area contributed by atoms with Crippen LogP contribution in [0.4, 0.5) is 0 Å². The molecule has 0 aliphatic heterocycles. The Hall–Kier alpha value is -4.17. The number of carbonyl (C=O) groups is 1. The predicted octanol–water partition coefficient (Wildman–Crippen LogP) is 5.32. The molecule has 0 aliphatic rings. The molecule has 0 fully saturated rings. The minimum absolute atomic E-state index is 0.191. The highest BCUT2D eigenvalue weighted by atomic mass is 32.2. The van der Waals surface area contributed by atoms with E-state index in [1.807, 2.05) is 55.1 Å². The first kappa shape index (κ1) is 23.6. The normalized spacial score (nSPS) is 12.1. The number of esters is 1. The molecule has 3 aromatic heterocycles. The van der Waals surface area contributed by atoms with Crippen molar-refractivity contribution in [1.82, 2.24) is 13.5 Å². The summed E-state index contributed by atoms with van der Waals surface area (Å²) in [6.07, 6.45) is 6.58. The molecule has 0 bridgehead atoms. The number of hydrogen-bond acceptors (Lipinski definition) is 5. The topological polar surface area (TPSA) is 83.2 Å². The number of pyridine rings is 1. The van der Waals surface area contributed by atoms with Crippen LogP contribution in [-0.2, 0) is 26.6 Å². The molecule has 7 nitrogen and oxygen atoms in total. The Morgan fingerprint density at radius 2 is 1.86 bits per heavy atom.